The molecule has 0 N–H and O–H groups in total. The van der Waals surface area contributed by atoms with Gasteiger partial charge in [0.2, 0.25) is 0 Å². The van der Waals surface area contributed by atoms with Crippen molar-refractivity contribution < 1.29 is 42.9 Å². The molecule has 0 amide bonds. The molecule has 40 heavy (non-hydrogen) atoms. The summed E-state index contributed by atoms with van der Waals surface area (Å²) >= 11 is 0. The molecule has 0 aromatic heterocycles. The number of fused-ring (bicyclic) bond motifs is 1. The third kappa shape index (κ3) is 7.24. The van der Waals surface area contributed by atoms with Crippen LogP contribution in [0, 0.1) is 0 Å². The molecule has 210 valence electrons. The lowest BCUT2D eigenvalue weighted by Crippen LogP contribution is -2.59. The first kappa shape index (κ1) is 28.8. The maximum absolute atomic E-state index is 12.2. The lowest BCUT2D eigenvalue weighted by Gasteiger charge is -2.44. The highest BCUT2D eigenvalue weighted by Crippen LogP contribution is 2.38. The Morgan fingerprint density at radius 1 is 0.650 bits per heavy atom. The van der Waals surface area contributed by atoms with Gasteiger partial charge in [0.1, 0.15) is 18.8 Å². The Bertz CT molecular complexity index is 1320. The van der Waals surface area contributed by atoms with Gasteiger partial charge in [-0.25, -0.2) is 0 Å². The summed E-state index contributed by atoms with van der Waals surface area (Å²) in [5, 5.41) is 0. The van der Waals surface area contributed by atoms with Gasteiger partial charge in [-0.2, -0.15) is 0 Å². The highest BCUT2D eigenvalue weighted by Gasteiger charge is 2.52. The van der Waals surface area contributed by atoms with Gasteiger partial charge in [0.15, 0.2) is 18.3 Å². The fourth-order valence-corrected chi connectivity index (χ4v) is 4.99. The van der Waals surface area contributed by atoms with Gasteiger partial charge < -0.3 is 23.7 Å². The van der Waals surface area contributed by atoms with Gasteiger partial charge in [-0.15, -0.1) is 0 Å². The van der Waals surface area contributed by atoms with Crippen LogP contribution in [0.15, 0.2) is 66.7 Å². The monoisotopic (exact) mass is 548 g/mol. The third-order valence-corrected chi connectivity index (χ3v) is 6.47. The van der Waals surface area contributed by atoms with Gasteiger partial charge in [0, 0.05) is 27.7 Å². The van der Waals surface area contributed by atoms with Crippen molar-refractivity contribution in [3.8, 4) is 11.1 Å². The second-order valence-electron chi connectivity index (χ2n) is 9.73. The largest absolute Gasteiger partial charge is 0.463 e. The molecule has 0 spiro atoms. The van der Waals surface area contributed by atoms with Crippen LogP contribution in [0.5, 0.6) is 0 Å². The van der Waals surface area contributed by atoms with Crippen molar-refractivity contribution in [2.24, 2.45) is 0 Å². The fraction of sp³-hybridized carbons (Fsp3) is 0.355. The van der Waals surface area contributed by atoms with E-state index in [0.717, 1.165) is 22.3 Å². The van der Waals surface area contributed by atoms with Crippen LogP contribution in [0.25, 0.3) is 11.1 Å². The first-order valence-corrected chi connectivity index (χ1v) is 13.0. The van der Waals surface area contributed by atoms with Crippen molar-refractivity contribution in [1.29, 1.82) is 0 Å². The topological polar surface area (TPSA) is 114 Å². The molecule has 2 aliphatic carbocycles. The van der Waals surface area contributed by atoms with Crippen molar-refractivity contribution in [2.45, 2.75) is 64.6 Å². The molecule has 4 rings (SSSR count). The molecule has 1 aromatic rings. The number of carbonyl (C=O) groups is 4. The van der Waals surface area contributed by atoms with Crippen LogP contribution < -0.4 is 0 Å². The van der Waals surface area contributed by atoms with E-state index >= 15 is 0 Å². The zero-order valence-electron chi connectivity index (χ0n) is 22.8. The van der Waals surface area contributed by atoms with Gasteiger partial charge in [0.25, 0.3) is 0 Å². The van der Waals surface area contributed by atoms with E-state index < -0.39 is 54.4 Å². The summed E-state index contributed by atoms with van der Waals surface area (Å²) in [6.45, 7) is 4.58. The maximum atomic E-state index is 12.2. The number of benzene rings is 1. The summed E-state index contributed by atoms with van der Waals surface area (Å²) in [4.78, 5) is 47.8. The highest BCUT2D eigenvalue weighted by molar-refractivity contribution is 5.69. The van der Waals surface area contributed by atoms with Crippen molar-refractivity contribution in [1.82, 2.24) is 0 Å². The predicted molar refractivity (Wildman–Crippen MR) is 143 cm³/mol. The van der Waals surface area contributed by atoms with Gasteiger partial charge in [-0.1, -0.05) is 66.7 Å². The summed E-state index contributed by atoms with van der Waals surface area (Å²) < 4.78 is 28.1. The molecule has 9 nitrogen and oxygen atoms in total. The molecule has 1 aliphatic heterocycles. The van der Waals surface area contributed by atoms with E-state index in [9.17, 15) is 19.2 Å². The Morgan fingerprint density at radius 3 is 1.85 bits per heavy atom. The summed E-state index contributed by atoms with van der Waals surface area (Å²) in [7, 11) is 0. The molecule has 0 bridgehead atoms. The second-order valence-corrected chi connectivity index (χ2v) is 9.73. The number of hydrogen-bond acceptors (Lipinski definition) is 9. The standard InChI is InChI=1S/C31H32O9/c1-18(32)36-17-27-29(37-19(2)33)31(39-21(4)35)30(38-20(3)34)28(40-27)26-12-8-9-22(14-26)13-23-15-24-10-6-5-7-11-25(24)16-23/h5-12,14-16,27-31H,13,17H2,1-4H3/t27-,28+,29-,30+,31+/m1/s1. The molecular formula is C31H32O9. The van der Waals surface area contributed by atoms with Gasteiger partial charge in [-0.05, 0) is 34.2 Å². The normalized spacial score (nSPS) is 22.2. The Hall–Kier alpha value is -4.24. The quantitative estimate of drug-likeness (QED) is 0.302. The SMILES string of the molecule is CC(=O)OC[C@H]1O[C@@H](c2cccc(Cc3cc4cccccc-4c3)c2)[C@H](OC(C)=O)[C@@H](OC(C)=O)[C@@H]1OC(C)=O. The highest BCUT2D eigenvalue weighted by atomic mass is 16.7. The van der Waals surface area contributed by atoms with Crippen LogP contribution in [-0.2, 0) is 49.3 Å². The summed E-state index contributed by atoms with van der Waals surface area (Å²) in [6.07, 6.45) is -4.83. The number of ether oxygens (including phenoxy) is 5. The zero-order chi connectivity index (χ0) is 28.8. The third-order valence-electron chi connectivity index (χ3n) is 6.47. The minimum absolute atomic E-state index is 0.272. The van der Waals surface area contributed by atoms with Crippen LogP contribution in [0.3, 0.4) is 0 Å². The Labute approximate surface area is 232 Å². The van der Waals surface area contributed by atoms with Crippen LogP contribution in [0.2, 0.25) is 0 Å². The van der Waals surface area contributed by atoms with E-state index in [1.165, 1.54) is 27.7 Å². The van der Waals surface area contributed by atoms with Gasteiger partial charge in [-0.3, -0.25) is 19.2 Å². The molecule has 5 atom stereocenters. The molecule has 1 fully saturated rings. The number of esters is 4. The van der Waals surface area contributed by atoms with E-state index in [4.69, 9.17) is 23.7 Å². The average Bonchev–Trinajstić information content (AvgIpc) is 3.12. The minimum Gasteiger partial charge on any atom is -0.463 e. The minimum atomic E-state index is -1.21. The molecule has 0 saturated carbocycles. The predicted octanol–water partition coefficient (Wildman–Crippen LogP) is 4.18. The number of rotatable bonds is 8. The van der Waals surface area contributed by atoms with E-state index in [0.29, 0.717) is 12.0 Å². The van der Waals surface area contributed by atoms with Gasteiger partial charge in [0.05, 0.1) is 0 Å². The van der Waals surface area contributed by atoms with E-state index in [-0.39, 0.29) is 6.61 Å². The fourth-order valence-electron chi connectivity index (χ4n) is 4.99. The van der Waals surface area contributed by atoms with Crippen LogP contribution >= 0.6 is 0 Å². The molecule has 1 heterocycles. The lowest BCUT2D eigenvalue weighted by molar-refractivity contribution is -0.254. The number of carbonyl (C=O) groups excluding carboxylic acids is 4. The maximum Gasteiger partial charge on any atom is 0.303 e. The van der Waals surface area contributed by atoms with Crippen LogP contribution in [0.4, 0.5) is 0 Å². The summed E-state index contributed by atoms with van der Waals surface area (Å²) in [6, 6.07) is 22.0. The number of hydrogen-bond donors (Lipinski definition) is 0. The Kier molecular flexibility index (Phi) is 9.16. The molecule has 0 radical (unpaired) electrons. The van der Waals surface area contributed by atoms with E-state index in [1.54, 1.807) is 0 Å². The second kappa shape index (κ2) is 12.7. The van der Waals surface area contributed by atoms with Crippen LogP contribution in [-0.4, -0.2) is 54.9 Å². The van der Waals surface area contributed by atoms with Crippen molar-refractivity contribution in [3.63, 3.8) is 0 Å². The molecule has 1 aromatic carbocycles. The van der Waals surface area contributed by atoms with Gasteiger partial charge >= 0.3 is 23.9 Å². The average molecular weight is 549 g/mol. The summed E-state index contributed by atoms with van der Waals surface area (Å²) in [5.41, 5.74) is 5.02. The Balaban J connectivity index is 1.71. The smallest absolute Gasteiger partial charge is 0.303 e. The molecule has 0 unspecified atom stereocenters. The zero-order valence-corrected chi connectivity index (χ0v) is 22.8. The van der Waals surface area contributed by atoms with E-state index in [1.807, 2.05) is 42.5 Å². The van der Waals surface area contributed by atoms with Crippen molar-refractivity contribution in [3.05, 3.63) is 83.4 Å². The lowest BCUT2D eigenvalue weighted by atomic mass is 9.89. The first-order valence-electron chi connectivity index (χ1n) is 13.0. The molecule has 1 saturated heterocycles. The molecule has 9 heteroatoms. The van der Waals surface area contributed by atoms with Crippen molar-refractivity contribution >= 4 is 23.9 Å². The molecular weight excluding hydrogens is 516 g/mol. The molecule has 3 aliphatic rings. The Morgan fingerprint density at radius 2 is 1.25 bits per heavy atom. The van der Waals surface area contributed by atoms with Crippen molar-refractivity contribution in [2.75, 3.05) is 6.61 Å². The first-order chi connectivity index (χ1) is 19.1. The van der Waals surface area contributed by atoms with Crippen LogP contribution in [0.1, 0.15) is 50.5 Å². The summed E-state index contributed by atoms with van der Waals surface area (Å²) in [5.74, 6) is -2.54. The van der Waals surface area contributed by atoms with E-state index in [2.05, 4.69) is 24.3 Å².